The Hall–Kier alpha value is -0.870. The van der Waals surface area contributed by atoms with Gasteiger partial charge in [-0.1, -0.05) is 0 Å². The smallest absolute Gasteiger partial charge is 0.224 e. The highest BCUT2D eigenvalue weighted by molar-refractivity contribution is 6.28. The Bertz CT molecular complexity index is 312. The van der Waals surface area contributed by atoms with Crippen molar-refractivity contribution in [3.05, 3.63) is 17.5 Å². The largest absolute Gasteiger partial charge is 0.370 e. The van der Waals surface area contributed by atoms with Gasteiger partial charge in [0.2, 0.25) is 5.28 Å². The number of hydrogen-bond acceptors (Lipinski definition) is 4. The number of anilines is 1. The van der Waals surface area contributed by atoms with Crippen LogP contribution in [0.4, 0.5) is 5.82 Å². The van der Waals surface area contributed by atoms with Crippen LogP contribution in [0.5, 0.6) is 0 Å². The Labute approximate surface area is 94.5 Å². The Morgan fingerprint density at radius 2 is 2.27 bits per heavy atom. The molecule has 4 nitrogen and oxygen atoms in total. The highest BCUT2D eigenvalue weighted by atomic mass is 35.5. The Morgan fingerprint density at radius 3 is 3.00 bits per heavy atom. The lowest BCUT2D eigenvalue weighted by Gasteiger charge is -2.22. The molecule has 15 heavy (non-hydrogen) atoms. The zero-order chi connectivity index (χ0) is 10.5. The van der Waals surface area contributed by atoms with Gasteiger partial charge < -0.3 is 10.6 Å². The third kappa shape index (κ3) is 3.32. The highest BCUT2D eigenvalue weighted by Crippen LogP contribution is 2.13. The van der Waals surface area contributed by atoms with Gasteiger partial charge in [0.25, 0.3) is 0 Å². The van der Waals surface area contributed by atoms with Crippen LogP contribution in [0.15, 0.2) is 12.3 Å². The van der Waals surface area contributed by atoms with Crippen molar-refractivity contribution in [3.63, 3.8) is 0 Å². The number of halogens is 1. The molecule has 0 bridgehead atoms. The fourth-order valence-electron chi connectivity index (χ4n) is 1.77. The third-order valence-corrected chi connectivity index (χ3v) is 2.84. The monoisotopic (exact) mass is 226 g/mol. The number of rotatable bonds is 3. The second-order valence-electron chi connectivity index (χ2n) is 3.79. The zero-order valence-corrected chi connectivity index (χ0v) is 9.30. The maximum absolute atomic E-state index is 5.69. The average molecular weight is 227 g/mol. The summed E-state index contributed by atoms with van der Waals surface area (Å²) in [5, 5.41) is 6.94. The first-order valence-electron chi connectivity index (χ1n) is 5.28. The van der Waals surface area contributed by atoms with E-state index >= 15 is 0 Å². The van der Waals surface area contributed by atoms with Gasteiger partial charge in [0.15, 0.2) is 0 Å². The molecule has 1 aliphatic heterocycles. The summed E-state index contributed by atoms with van der Waals surface area (Å²) >= 11 is 5.69. The van der Waals surface area contributed by atoms with Gasteiger partial charge in [-0.3, -0.25) is 0 Å². The molecule has 2 rings (SSSR count). The van der Waals surface area contributed by atoms with Gasteiger partial charge in [-0.15, -0.1) is 0 Å². The van der Waals surface area contributed by atoms with Crippen molar-refractivity contribution in [2.75, 3.05) is 25.0 Å². The molecule has 0 spiro atoms. The summed E-state index contributed by atoms with van der Waals surface area (Å²) in [6, 6.07) is 1.84. The maximum Gasteiger partial charge on any atom is 0.224 e. The van der Waals surface area contributed by atoms with E-state index in [1.54, 1.807) is 6.20 Å². The van der Waals surface area contributed by atoms with E-state index in [1.807, 2.05) is 6.07 Å². The molecule has 1 aromatic heterocycles. The fraction of sp³-hybridized carbons (Fsp3) is 0.600. The van der Waals surface area contributed by atoms with E-state index in [0.717, 1.165) is 31.4 Å². The summed E-state index contributed by atoms with van der Waals surface area (Å²) in [6.07, 6.45) is 4.12. The van der Waals surface area contributed by atoms with Gasteiger partial charge in [0.05, 0.1) is 0 Å². The van der Waals surface area contributed by atoms with Gasteiger partial charge in [0, 0.05) is 12.7 Å². The SMILES string of the molecule is Clc1nccc(NCC2CCNCC2)n1. The Balaban J connectivity index is 1.81. The van der Waals surface area contributed by atoms with Crippen molar-refractivity contribution in [2.45, 2.75) is 12.8 Å². The molecule has 2 N–H and O–H groups in total. The number of piperidine rings is 1. The minimum atomic E-state index is 0.297. The molecule has 1 aromatic rings. The molecular formula is C10H15ClN4. The molecule has 0 aromatic carbocycles. The highest BCUT2D eigenvalue weighted by Gasteiger charge is 2.12. The molecule has 0 aliphatic carbocycles. The van der Waals surface area contributed by atoms with Crippen LogP contribution in [-0.2, 0) is 0 Å². The summed E-state index contributed by atoms with van der Waals surface area (Å²) in [5.41, 5.74) is 0. The lowest BCUT2D eigenvalue weighted by molar-refractivity contribution is 0.389. The predicted octanol–water partition coefficient (Wildman–Crippen LogP) is 1.54. The quantitative estimate of drug-likeness (QED) is 0.768. The number of aromatic nitrogens is 2. The van der Waals surface area contributed by atoms with E-state index < -0.39 is 0 Å². The van der Waals surface area contributed by atoms with Crippen LogP contribution in [0, 0.1) is 5.92 Å². The van der Waals surface area contributed by atoms with Crippen LogP contribution in [0.25, 0.3) is 0 Å². The van der Waals surface area contributed by atoms with E-state index in [9.17, 15) is 0 Å². The summed E-state index contributed by atoms with van der Waals surface area (Å²) in [4.78, 5) is 7.92. The molecule has 82 valence electrons. The van der Waals surface area contributed by atoms with Crippen LogP contribution in [0.2, 0.25) is 5.28 Å². The van der Waals surface area contributed by atoms with E-state index in [0.29, 0.717) is 5.28 Å². The molecule has 0 saturated carbocycles. The number of nitrogens with zero attached hydrogens (tertiary/aromatic N) is 2. The number of nitrogens with one attached hydrogen (secondary N) is 2. The minimum Gasteiger partial charge on any atom is -0.370 e. The molecule has 5 heteroatoms. The average Bonchev–Trinajstić information content (AvgIpc) is 2.28. The molecule has 0 radical (unpaired) electrons. The standard InChI is InChI=1S/C10H15ClN4/c11-10-13-6-3-9(15-10)14-7-8-1-4-12-5-2-8/h3,6,8,12H,1-2,4-5,7H2,(H,13,14,15). The second-order valence-corrected chi connectivity index (χ2v) is 4.12. The molecule has 0 amide bonds. The Morgan fingerprint density at radius 1 is 1.47 bits per heavy atom. The second kappa shape index (κ2) is 5.28. The lowest BCUT2D eigenvalue weighted by Crippen LogP contribution is -2.31. The maximum atomic E-state index is 5.69. The van der Waals surface area contributed by atoms with Crippen LogP contribution >= 0.6 is 11.6 Å². The molecular weight excluding hydrogens is 212 g/mol. The van der Waals surface area contributed by atoms with Gasteiger partial charge in [-0.2, -0.15) is 0 Å². The van der Waals surface area contributed by atoms with Crippen molar-refractivity contribution in [3.8, 4) is 0 Å². The predicted molar refractivity (Wildman–Crippen MR) is 61.1 cm³/mol. The van der Waals surface area contributed by atoms with E-state index in [4.69, 9.17) is 11.6 Å². The van der Waals surface area contributed by atoms with Crippen LogP contribution in [0.3, 0.4) is 0 Å². The van der Waals surface area contributed by atoms with Crippen molar-refractivity contribution in [1.82, 2.24) is 15.3 Å². The number of hydrogen-bond donors (Lipinski definition) is 2. The summed E-state index contributed by atoms with van der Waals surface area (Å²) < 4.78 is 0. The molecule has 1 saturated heterocycles. The van der Waals surface area contributed by atoms with E-state index in [2.05, 4.69) is 20.6 Å². The van der Waals surface area contributed by atoms with Crippen molar-refractivity contribution < 1.29 is 0 Å². The topological polar surface area (TPSA) is 49.8 Å². The van der Waals surface area contributed by atoms with Gasteiger partial charge in [-0.05, 0) is 49.5 Å². The van der Waals surface area contributed by atoms with Crippen molar-refractivity contribution in [1.29, 1.82) is 0 Å². The zero-order valence-electron chi connectivity index (χ0n) is 8.54. The van der Waals surface area contributed by atoms with Gasteiger partial charge in [-0.25, -0.2) is 9.97 Å². The lowest BCUT2D eigenvalue weighted by atomic mass is 9.98. The summed E-state index contributed by atoms with van der Waals surface area (Å²) in [5.74, 6) is 1.55. The summed E-state index contributed by atoms with van der Waals surface area (Å²) in [6.45, 7) is 3.21. The molecule has 0 unspecified atom stereocenters. The molecule has 1 fully saturated rings. The van der Waals surface area contributed by atoms with Crippen LogP contribution in [0.1, 0.15) is 12.8 Å². The summed E-state index contributed by atoms with van der Waals surface area (Å²) in [7, 11) is 0. The van der Waals surface area contributed by atoms with E-state index in [-0.39, 0.29) is 0 Å². The molecule has 2 heterocycles. The normalized spacial score (nSPS) is 17.7. The Kier molecular flexibility index (Phi) is 3.75. The first-order valence-corrected chi connectivity index (χ1v) is 5.65. The van der Waals surface area contributed by atoms with Crippen LogP contribution < -0.4 is 10.6 Å². The fourth-order valence-corrected chi connectivity index (χ4v) is 1.92. The molecule has 1 aliphatic rings. The first-order chi connectivity index (χ1) is 7.34. The third-order valence-electron chi connectivity index (χ3n) is 2.66. The first kappa shape index (κ1) is 10.6. The molecule has 0 atom stereocenters. The minimum absolute atomic E-state index is 0.297. The van der Waals surface area contributed by atoms with Crippen molar-refractivity contribution in [2.24, 2.45) is 5.92 Å². The van der Waals surface area contributed by atoms with E-state index in [1.165, 1.54) is 12.8 Å². The van der Waals surface area contributed by atoms with Crippen molar-refractivity contribution >= 4 is 17.4 Å². The van der Waals surface area contributed by atoms with Crippen LogP contribution in [-0.4, -0.2) is 29.6 Å². The van der Waals surface area contributed by atoms with Gasteiger partial charge in [0.1, 0.15) is 5.82 Å². The van der Waals surface area contributed by atoms with Gasteiger partial charge >= 0.3 is 0 Å².